The quantitative estimate of drug-likeness (QED) is 0.844. The van der Waals surface area contributed by atoms with Crippen LogP contribution < -0.4 is 10.6 Å². The molecule has 5 nitrogen and oxygen atoms in total. The third kappa shape index (κ3) is 4.89. The fraction of sp³-hybridized carbons (Fsp3) is 0.133. The van der Waals surface area contributed by atoms with Crippen LogP contribution in [0.5, 0.6) is 0 Å². The fourth-order valence-corrected chi connectivity index (χ4v) is 1.76. The second-order valence-electron chi connectivity index (χ2n) is 4.35. The number of pyridine rings is 1. The molecule has 2 N–H and O–H groups in total. The molecule has 0 saturated heterocycles. The summed E-state index contributed by atoms with van der Waals surface area (Å²) < 4.78 is 0. The molecule has 0 atom stereocenters. The zero-order valence-corrected chi connectivity index (χ0v) is 11.9. The molecule has 21 heavy (non-hydrogen) atoms. The van der Waals surface area contributed by atoms with E-state index >= 15 is 0 Å². The van der Waals surface area contributed by atoms with Gasteiger partial charge in [0, 0.05) is 30.5 Å². The maximum atomic E-state index is 11.6. The van der Waals surface area contributed by atoms with E-state index < -0.39 is 11.8 Å². The van der Waals surface area contributed by atoms with Crippen LogP contribution >= 0.6 is 11.6 Å². The molecule has 0 fully saturated rings. The van der Waals surface area contributed by atoms with Crippen molar-refractivity contribution >= 4 is 23.4 Å². The number of carbonyl (C=O) groups is 2. The number of amides is 2. The minimum atomic E-state index is -0.673. The molecule has 0 bridgehead atoms. The average molecular weight is 304 g/mol. The molecule has 108 valence electrons. The Bertz CT molecular complexity index is 615. The Balaban J connectivity index is 1.77. The molecule has 0 aliphatic rings. The lowest BCUT2D eigenvalue weighted by molar-refractivity contribution is -0.139. The van der Waals surface area contributed by atoms with Gasteiger partial charge in [-0.15, -0.1) is 0 Å². The molecule has 0 aliphatic heterocycles. The Morgan fingerprint density at radius 1 is 0.952 bits per heavy atom. The Morgan fingerprint density at radius 2 is 1.57 bits per heavy atom. The molecular weight excluding hydrogens is 290 g/mol. The molecule has 6 heteroatoms. The van der Waals surface area contributed by atoms with Crippen molar-refractivity contribution in [2.24, 2.45) is 0 Å². The highest BCUT2D eigenvalue weighted by molar-refractivity contribution is 6.35. The van der Waals surface area contributed by atoms with Crippen LogP contribution in [0.4, 0.5) is 0 Å². The van der Waals surface area contributed by atoms with E-state index in [0.29, 0.717) is 5.02 Å². The van der Waals surface area contributed by atoms with E-state index in [4.69, 9.17) is 11.6 Å². The number of nitrogens with one attached hydrogen (secondary N) is 2. The van der Waals surface area contributed by atoms with Crippen molar-refractivity contribution in [3.05, 3.63) is 64.9 Å². The number of aromatic nitrogens is 1. The van der Waals surface area contributed by atoms with E-state index in [2.05, 4.69) is 15.6 Å². The van der Waals surface area contributed by atoms with Crippen molar-refractivity contribution in [1.29, 1.82) is 0 Å². The molecule has 0 saturated carbocycles. The third-order valence-corrected chi connectivity index (χ3v) is 3.00. The van der Waals surface area contributed by atoms with E-state index in [-0.39, 0.29) is 13.1 Å². The predicted molar refractivity (Wildman–Crippen MR) is 79.4 cm³/mol. The fourth-order valence-electron chi connectivity index (χ4n) is 1.63. The van der Waals surface area contributed by atoms with E-state index in [0.717, 1.165) is 11.1 Å². The molecule has 2 amide bonds. The molecule has 0 radical (unpaired) electrons. The van der Waals surface area contributed by atoms with Crippen molar-refractivity contribution in [3.8, 4) is 0 Å². The summed E-state index contributed by atoms with van der Waals surface area (Å²) in [7, 11) is 0. The van der Waals surface area contributed by atoms with Crippen LogP contribution in [0.15, 0.2) is 48.8 Å². The topological polar surface area (TPSA) is 71.1 Å². The molecule has 0 spiro atoms. The van der Waals surface area contributed by atoms with E-state index in [1.165, 1.54) is 0 Å². The monoisotopic (exact) mass is 303 g/mol. The number of halogens is 1. The predicted octanol–water partition coefficient (Wildman–Crippen LogP) is 1.67. The van der Waals surface area contributed by atoms with E-state index in [1.807, 2.05) is 6.07 Å². The van der Waals surface area contributed by atoms with Crippen molar-refractivity contribution in [1.82, 2.24) is 15.6 Å². The lowest BCUT2D eigenvalue weighted by atomic mass is 10.2. The molecule has 0 aliphatic carbocycles. The highest BCUT2D eigenvalue weighted by Gasteiger charge is 2.12. The summed E-state index contributed by atoms with van der Waals surface area (Å²) in [6.45, 7) is 0.539. The molecule has 2 rings (SSSR count). The van der Waals surface area contributed by atoms with Crippen molar-refractivity contribution in [3.63, 3.8) is 0 Å². The van der Waals surface area contributed by atoms with Crippen molar-refractivity contribution in [2.45, 2.75) is 13.1 Å². The zero-order valence-electron chi connectivity index (χ0n) is 11.2. The number of benzene rings is 1. The Morgan fingerprint density at radius 3 is 2.14 bits per heavy atom. The Kier molecular flexibility index (Phi) is 5.29. The summed E-state index contributed by atoms with van der Waals surface area (Å²) >= 11 is 5.77. The van der Waals surface area contributed by atoms with Crippen LogP contribution in [0.25, 0.3) is 0 Å². The summed E-state index contributed by atoms with van der Waals surface area (Å²) in [6, 6.07) is 10.6. The summed E-state index contributed by atoms with van der Waals surface area (Å²) in [6.07, 6.45) is 3.27. The van der Waals surface area contributed by atoms with Crippen LogP contribution in [0.1, 0.15) is 11.1 Å². The second-order valence-corrected chi connectivity index (χ2v) is 4.79. The maximum absolute atomic E-state index is 11.6. The van der Waals surface area contributed by atoms with Gasteiger partial charge >= 0.3 is 11.8 Å². The van der Waals surface area contributed by atoms with Gasteiger partial charge in [0.15, 0.2) is 0 Å². The Hall–Kier alpha value is -2.40. The maximum Gasteiger partial charge on any atom is 0.309 e. The minimum Gasteiger partial charge on any atom is -0.344 e. The van der Waals surface area contributed by atoms with Crippen LogP contribution in [0, 0.1) is 0 Å². The number of hydrogen-bond acceptors (Lipinski definition) is 3. The molecule has 1 aromatic heterocycles. The summed E-state index contributed by atoms with van der Waals surface area (Å²) in [5.41, 5.74) is 1.70. The average Bonchev–Trinajstić information content (AvgIpc) is 2.52. The molecule has 1 heterocycles. The zero-order chi connectivity index (χ0) is 15.1. The number of nitrogens with zero attached hydrogens (tertiary/aromatic N) is 1. The summed E-state index contributed by atoms with van der Waals surface area (Å²) in [5.74, 6) is -1.35. The van der Waals surface area contributed by atoms with E-state index in [1.54, 1.807) is 42.7 Å². The number of carbonyl (C=O) groups excluding carboxylic acids is 2. The van der Waals surface area contributed by atoms with Crippen LogP contribution in [-0.4, -0.2) is 16.8 Å². The van der Waals surface area contributed by atoms with Gasteiger partial charge < -0.3 is 10.6 Å². The van der Waals surface area contributed by atoms with Crippen molar-refractivity contribution < 1.29 is 9.59 Å². The van der Waals surface area contributed by atoms with Gasteiger partial charge in [-0.2, -0.15) is 0 Å². The van der Waals surface area contributed by atoms with Crippen molar-refractivity contribution in [2.75, 3.05) is 0 Å². The first-order chi connectivity index (χ1) is 10.1. The molecule has 1 aromatic carbocycles. The molecule has 0 unspecified atom stereocenters. The van der Waals surface area contributed by atoms with Gasteiger partial charge in [-0.05, 0) is 29.3 Å². The smallest absolute Gasteiger partial charge is 0.309 e. The second kappa shape index (κ2) is 7.40. The van der Waals surface area contributed by atoms with Gasteiger partial charge in [-0.3, -0.25) is 14.6 Å². The van der Waals surface area contributed by atoms with Gasteiger partial charge in [0.2, 0.25) is 0 Å². The summed E-state index contributed by atoms with van der Waals surface area (Å²) in [5, 5.41) is 5.70. The van der Waals surface area contributed by atoms with E-state index in [9.17, 15) is 9.59 Å². The van der Waals surface area contributed by atoms with Crippen LogP contribution in [0.2, 0.25) is 5.02 Å². The first kappa shape index (κ1) is 15.0. The lowest BCUT2D eigenvalue weighted by Crippen LogP contribution is -2.39. The minimum absolute atomic E-state index is 0.265. The SMILES string of the molecule is O=C(NCc1ccc(Cl)cc1)C(=O)NCc1cccnc1. The third-order valence-electron chi connectivity index (χ3n) is 2.75. The first-order valence-electron chi connectivity index (χ1n) is 6.34. The number of rotatable bonds is 4. The number of hydrogen-bond donors (Lipinski definition) is 2. The highest BCUT2D eigenvalue weighted by atomic mass is 35.5. The lowest BCUT2D eigenvalue weighted by Gasteiger charge is -2.06. The summed E-state index contributed by atoms with van der Waals surface area (Å²) in [4.78, 5) is 27.2. The standard InChI is InChI=1S/C15H14ClN3O2/c16-13-5-3-11(4-6-13)9-18-14(20)15(21)19-10-12-2-1-7-17-8-12/h1-8H,9-10H2,(H,18,20)(H,19,21). The van der Waals surface area contributed by atoms with Gasteiger partial charge in [-0.25, -0.2) is 0 Å². The molecule has 2 aromatic rings. The molecular formula is C15H14ClN3O2. The largest absolute Gasteiger partial charge is 0.344 e. The van der Waals surface area contributed by atoms with Gasteiger partial charge in [0.25, 0.3) is 0 Å². The highest BCUT2D eigenvalue weighted by Crippen LogP contribution is 2.08. The van der Waals surface area contributed by atoms with Gasteiger partial charge in [0.05, 0.1) is 0 Å². The van der Waals surface area contributed by atoms with Gasteiger partial charge in [-0.1, -0.05) is 29.8 Å². The van der Waals surface area contributed by atoms with Gasteiger partial charge in [0.1, 0.15) is 0 Å². The first-order valence-corrected chi connectivity index (χ1v) is 6.72. The normalized spacial score (nSPS) is 9.95. The van der Waals surface area contributed by atoms with Crippen LogP contribution in [-0.2, 0) is 22.7 Å². The van der Waals surface area contributed by atoms with Crippen LogP contribution in [0.3, 0.4) is 0 Å². The Labute approximate surface area is 127 Å².